The van der Waals surface area contributed by atoms with Crippen molar-refractivity contribution in [2.24, 2.45) is 11.8 Å². The van der Waals surface area contributed by atoms with Crippen molar-refractivity contribution in [2.75, 3.05) is 5.32 Å². The lowest BCUT2D eigenvalue weighted by molar-refractivity contribution is -0.137. The van der Waals surface area contributed by atoms with Gasteiger partial charge >= 0.3 is 6.18 Å². The first-order valence-electron chi connectivity index (χ1n) is 6.66. The monoisotopic (exact) mass is 272 g/mol. The van der Waals surface area contributed by atoms with Gasteiger partial charge in [-0.3, -0.25) is 0 Å². The van der Waals surface area contributed by atoms with Crippen molar-refractivity contribution in [1.82, 2.24) is 4.98 Å². The van der Waals surface area contributed by atoms with Crippen molar-refractivity contribution in [1.29, 1.82) is 0 Å². The molecule has 19 heavy (non-hydrogen) atoms. The molecule has 1 N–H and O–H groups in total. The third kappa shape index (κ3) is 3.39. The van der Waals surface area contributed by atoms with E-state index >= 15 is 0 Å². The van der Waals surface area contributed by atoms with Crippen LogP contribution >= 0.6 is 0 Å². The highest BCUT2D eigenvalue weighted by molar-refractivity contribution is 5.46. The van der Waals surface area contributed by atoms with Gasteiger partial charge < -0.3 is 5.32 Å². The lowest BCUT2D eigenvalue weighted by Gasteiger charge is -2.34. The summed E-state index contributed by atoms with van der Waals surface area (Å²) in [5.41, 5.74) is -0.680. The highest BCUT2D eigenvalue weighted by atomic mass is 19.4. The summed E-state index contributed by atoms with van der Waals surface area (Å²) in [4.78, 5) is 3.86. The van der Waals surface area contributed by atoms with Crippen LogP contribution in [0.4, 0.5) is 19.0 Å². The first kappa shape index (κ1) is 14.2. The van der Waals surface area contributed by atoms with Gasteiger partial charge in [-0.05, 0) is 43.2 Å². The minimum absolute atomic E-state index is 0.0404. The van der Waals surface area contributed by atoms with E-state index in [2.05, 4.69) is 24.1 Å². The van der Waals surface area contributed by atoms with Crippen LogP contribution < -0.4 is 5.32 Å². The van der Waals surface area contributed by atoms with Gasteiger partial charge in [-0.25, -0.2) is 4.98 Å². The molecule has 3 unspecified atom stereocenters. The van der Waals surface area contributed by atoms with Crippen molar-refractivity contribution in [2.45, 2.75) is 45.3 Å². The number of hydrogen-bond donors (Lipinski definition) is 1. The van der Waals surface area contributed by atoms with Gasteiger partial charge in [0.1, 0.15) is 5.82 Å². The maximum atomic E-state index is 12.9. The highest BCUT2D eigenvalue weighted by Gasteiger charge is 2.35. The van der Waals surface area contributed by atoms with E-state index in [0.29, 0.717) is 11.8 Å². The normalized spacial score (nSPS) is 28.2. The maximum absolute atomic E-state index is 12.9. The molecule has 106 valence electrons. The van der Waals surface area contributed by atoms with Crippen molar-refractivity contribution < 1.29 is 13.2 Å². The number of nitrogens with one attached hydrogen (secondary N) is 1. The van der Waals surface area contributed by atoms with E-state index < -0.39 is 11.7 Å². The molecule has 1 saturated carbocycles. The third-order valence-electron chi connectivity index (χ3n) is 3.87. The van der Waals surface area contributed by atoms with Crippen LogP contribution in [0, 0.1) is 11.8 Å². The fourth-order valence-electron chi connectivity index (χ4n) is 2.80. The van der Waals surface area contributed by atoms with Crippen LogP contribution in [-0.4, -0.2) is 11.0 Å². The van der Waals surface area contributed by atoms with Gasteiger partial charge in [-0.1, -0.05) is 13.8 Å². The summed E-state index contributed by atoms with van der Waals surface area (Å²) < 4.78 is 38.6. The molecule has 0 aliphatic heterocycles. The summed E-state index contributed by atoms with van der Waals surface area (Å²) in [6.45, 7) is 4.28. The summed E-state index contributed by atoms with van der Waals surface area (Å²) in [7, 11) is 0. The minimum Gasteiger partial charge on any atom is -0.367 e. The zero-order valence-electron chi connectivity index (χ0n) is 11.2. The van der Waals surface area contributed by atoms with Gasteiger partial charge in [0, 0.05) is 12.2 Å². The van der Waals surface area contributed by atoms with Crippen LogP contribution in [0.2, 0.25) is 0 Å². The number of pyridine rings is 1. The molecule has 0 radical (unpaired) electrons. The van der Waals surface area contributed by atoms with Gasteiger partial charge in [-0.2, -0.15) is 13.2 Å². The fraction of sp³-hybridized carbons (Fsp3) is 0.643. The Bertz CT molecular complexity index is 431. The number of hydrogen-bond acceptors (Lipinski definition) is 2. The largest absolute Gasteiger partial charge is 0.419 e. The molecule has 1 aromatic rings. The number of halogens is 3. The first-order chi connectivity index (χ1) is 8.88. The summed E-state index contributed by atoms with van der Waals surface area (Å²) >= 11 is 0. The van der Waals surface area contributed by atoms with Crippen LogP contribution in [0.3, 0.4) is 0 Å². The van der Waals surface area contributed by atoms with E-state index in [1.807, 2.05) is 0 Å². The quantitative estimate of drug-likeness (QED) is 0.866. The molecule has 1 fully saturated rings. The predicted molar refractivity (Wildman–Crippen MR) is 68.8 cm³/mol. The topological polar surface area (TPSA) is 24.9 Å². The number of anilines is 1. The van der Waals surface area contributed by atoms with Crippen molar-refractivity contribution in [3.05, 3.63) is 23.9 Å². The van der Waals surface area contributed by atoms with Crippen molar-refractivity contribution in [3.63, 3.8) is 0 Å². The summed E-state index contributed by atoms with van der Waals surface area (Å²) in [6, 6.07) is 2.47. The summed E-state index contributed by atoms with van der Waals surface area (Å²) in [6.07, 6.45) is 0.0354. The SMILES string of the molecule is CC1CCC(Nc2ncccc2C(F)(F)F)C(C)C1. The molecule has 1 aliphatic rings. The van der Waals surface area contributed by atoms with E-state index in [-0.39, 0.29) is 11.9 Å². The molecule has 0 aromatic carbocycles. The first-order valence-corrected chi connectivity index (χ1v) is 6.66. The van der Waals surface area contributed by atoms with Crippen LogP contribution in [0.5, 0.6) is 0 Å². The Kier molecular flexibility index (Phi) is 4.02. The molecule has 1 aliphatic carbocycles. The second-order valence-electron chi connectivity index (χ2n) is 5.54. The molecule has 2 nitrogen and oxygen atoms in total. The lowest BCUT2D eigenvalue weighted by atomic mass is 9.80. The molecule has 0 spiro atoms. The molecule has 1 aromatic heterocycles. The van der Waals surface area contributed by atoms with Crippen LogP contribution in [0.15, 0.2) is 18.3 Å². The van der Waals surface area contributed by atoms with Gasteiger partial charge in [-0.15, -0.1) is 0 Å². The molecule has 1 heterocycles. The Labute approximate surface area is 111 Å². The molecular weight excluding hydrogens is 253 g/mol. The molecule has 2 rings (SSSR count). The summed E-state index contributed by atoms with van der Waals surface area (Å²) in [5, 5.41) is 3.00. The smallest absolute Gasteiger partial charge is 0.367 e. The van der Waals surface area contributed by atoms with Gasteiger partial charge in [0.25, 0.3) is 0 Å². The zero-order chi connectivity index (χ0) is 14.0. The Morgan fingerprint density at radius 1 is 1.26 bits per heavy atom. The lowest BCUT2D eigenvalue weighted by Crippen LogP contribution is -2.34. The van der Waals surface area contributed by atoms with Crippen LogP contribution in [0.25, 0.3) is 0 Å². The van der Waals surface area contributed by atoms with Crippen LogP contribution in [-0.2, 0) is 6.18 Å². The standard InChI is InChI=1S/C14H19F3N2/c1-9-5-6-12(10(2)8-9)19-13-11(14(15,16)17)4-3-7-18-13/h3-4,7,9-10,12H,5-6,8H2,1-2H3,(H,18,19). The van der Waals surface area contributed by atoms with E-state index in [0.717, 1.165) is 25.3 Å². The molecule has 0 saturated heterocycles. The molecular formula is C14H19F3N2. The Balaban J connectivity index is 2.15. The van der Waals surface area contributed by atoms with Gasteiger partial charge in [0.15, 0.2) is 0 Å². The molecule has 3 atom stereocenters. The second-order valence-corrected chi connectivity index (χ2v) is 5.54. The van der Waals surface area contributed by atoms with Crippen molar-refractivity contribution >= 4 is 5.82 Å². The predicted octanol–water partition coefficient (Wildman–Crippen LogP) is 4.34. The van der Waals surface area contributed by atoms with E-state index in [1.165, 1.54) is 12.3 Å². The average molecular weight is 272 g/mol. The van der Waals surface area contributed by atoms with E-state index in [9.17, 15) is 13.2 Å². The Morgan fingerprint density at radius 2 is 2.00 bits per heavy atom. The summed E-state index contributed by atoms with van der Waals surface area (Å²) in [5.74, 6) is 0.979. The minimum atomic E-state index is -4.36. The zero-order valence-corrected chi connectivity index (χ0v) is 11.2. The van der Waals surface area contributed by atoms with Crippen molar-refractivity contribution in [3.8, 4) is 0 Å². The second kappa shape index (κ2) is 5.39. The maximum Gasteiger partial charge on any atom is 0.419 e. The average Bonchev–Trinajstić information content (AvgIpc) is 2.32. The van der Waals surface area contributed by atoms with E-state index in [1.54, 1.807) is 0 Å². The number of aromatic nitrogens is 1. The van der Waals surface area contributed by atoms with Crippen LogP contribution in [0.1, 0.15) is 38.7 Å². The van der Waals surface area contributed by atoms with Gasteiger partial charge in [0.05, 0.1) is 5.56 Å². The number of nitrogens with zero attached hydrogens (tertiary/aromatic N) is 1. The fourth-order valence-corrected chi connectivity index (χ4v) is 2.80. The molecule has 5 heteroatoms. The number of rotatable bonds is 2. The van der Waals surface area contributed by atoms with Gasteiger partial charge in [0.2, 0.25) is 0 Å². The third-order valence-corrected chi connectivity index (χ3v) is 3.87. The molecule has 0 amide bonds. The molecule has 0 bridgehead atoms. The highest BCUT2D eigenvalue weighted by Crippen LogP contribution is 2.36. The van der Waals surface area contributed by atoms with E-state index in [4.69, 9.17) is 0 Å². The Hall–Kier alpha value is -1.26. The number of alkyl halides is 3. The Morgan fingerprint density at radius 3 is 2.63 bits per heavy atom.